The molecule has 0 saturated heterocycles. The molecule has 0 fully saturated rings. The summed E-state index contributed by atoms with van der Waals surface area (Å²) in [5, 5.41) is 17.7. The summed E-state index contributed by atoms with van der Waals surface area (Å²) in [6.45, 7) is 15.7. The summed E-state index contributed by atoms with van der Waals surface area (Å²) in [6.07, 6.45) is -3.25. The predicted molar refractivity (Wildman–Crippen MR) is 182 cm³/mol. The number of hydrogen-bond donors (Lipinski definition) is 4. The van der Waals surface area contributed by atoms with E-state index in [2.05, 4.69) is 49.8 Å². The van der Waals surface area contributed by atoms with Crippen LogP contribution in [0.15, 0.2) is 60.7 Å². The van der Waals surface area contributed by atoms with E-state index in [1.54, 1.807) is 20.8 Å². The fourth-order valence-corrected chi connectivity index (χ4v) is 5.53. The zero-order valence-corrected chi connectivity index (χ0v) is 29.9. The molecule has 0 saturated carbocycles. The third kappa shape index (κ3) is 14.9. The summed E-state index contributed by atoms with van der Waals surface area (Å²) in [5.41, 5.74) is 0.831. The zero-order chi connectivity index (χ0) is 35.3. The van der Waals surface area contributed by atoms with Crippen molar-refractivity contribution in [3.63, 3.8) is 0 Å². The van der Waals surface area contributed by atoms with Crippen molar-refractivity contribution in [1.29, 1.82) is 0 Å². The summed E-state index contributed by atoms with van der Waals surface area (Å²) >= 11 is 0. The Hall–Kier alpha value is -4.10. The molecule has 0 radical (unpaired) electrons. The number of hydrogen-bond acceptors (Lipinski definition) is 7. The van der Waals surface area contributed by atoms with Crippen molar-refractivity contribution in [3.05, 3.63) is 71.8 Å². The molecule has 0 aromatic heterocycles. The van der Waals surface area contributed by atoms with Crippen molar-refractivity contribution in [3.8, 4) is 0 Å². The highest BCUT2D eigenvalue weighted by atomic mass is 28.4. The van der Waals surface area contributed by atoms with Gasteiger partial charge >= 0.3 is 18.3 Å². The van der Waals surface area contributed by atoms with Crippen LogP contribution in [0, 0.1) is 0 Å². The predicted octanol–water partition coefficient (Wildman–Crippen LogP) is 5.88. The summed E-state index contributed by atoms with van der Waals surface area (Å²) in [7, 11) is -2.42. The number of ether oxygens (including phenoxy) is 2. The van der Waals surface area contributed by atoms with E-state index in [1.807, 2.05) is 60.7 Å². The molecule has 0 aliphatic heterocycles. The van der Waals surface area contributed by atoms with Gasteiger partial charge in [0.25, 0.3) is 0 Å². The Kier molecular flexibility index (Phi) is 14.7. The Balaban J connectivity index is 2.19. The van der Waals surface area contributed by atoms with Gasteiger partial charge in [-0.3, -0.25) is 4.79 Å². The van der Waals surface area contributed by atoms with Crippen LogP contribution in [0.3, 0.4) is 0 Å². The molecule has 260 valence electrons. The molecule has 4 amide bonds. The highest BCUT2D eigenvalue weighted by Crippen LogP contribution is 2.37. The summed E-state index contributed by atoms with van der Waals surface area (Å²) in [6, 6.07) is 17.3. The third-order valence-corrected chi connectivity index (χ3v) is 12.2. The Bertz CT molecular complexity index is 1300. The van der Waals surface area contributed by atoms with Gasteiger partial charge in [0, 0.05) is 32.6 Å². The lowest BCUT2D eigenvalue weighted by Crippen LogP contribution is -2.54. The van der Waals surface area contributed by atoms with Gasteiger partial charge in [0.15, 0.2) is 8.32 Å². The number of amides is 4. The molecule has 0 aliphatic carbocycles. The molecule has 2 aromatic rings. The van der Waals surface area contributed by atoms with Crippen LogP contribution in [-0.4, -0.2) is 79.9 Å². The Labute approximate surface area is 279 Å². The van der Waals surface area contributed by atoms with Crippen LogP contribution in [0.25, 0.3) is 0 Å². The number of carbonyl (C=O) groups is 4. The van der Waals surface area contributed by atoms with Crippen LogP contribution in [0.4, 0.5) is 14.4 Å². The van der Waals surface area contributed by atoms with Crippen molar-refractivity contribution in [2.24, 2.45) is 0 Å². The van der Waals surface area contributed by atoms with Crippen LogP contribution >= 0.6 is 0 Å². The van der Waals surface area contributed by atoms with Crippen molar-refractivity contribution >= 4 is 32.5 Å². The summed E-state index contributed by atoms with van der Waals surface area (Å²) < 4.78 is 17.4. The number of carbonyl (C=O) groups excluding carboxylic acids is 3. The van der Waals surface area contributed by atoms with E-state index in [0.717, 1.165) is 11.1 Å². The maximum absolute atomic E-state index is 13.5. The molecule has 13 heteroatoms. The largest absolute Gasteiger partial charge is 0.465 e. The van der Waals surface area contributed by atoms with Gasteiger partial charge in [-0.25, -0.2) is 14.4 Å². The lowest BCUT2D eigenvalue weighted by Gasteiger charge is -2.40. The first-order valence-corrected chi connectivity index (χ1v) is 18.7. The number of carboxylic acid groups (broad SMARTS) is 1. The molecule has 12 nitrogen and oxygen atoms in total. The van der Waals surface area contributed by atoms with Crippen LogP contribution in [0.5, 0.6) is 0 Å². The number of nitrogens with one attached hydrogen (secondary N) is 3. The van der Waals surface area contributed by atoms with Gasteiger partial charge in [-0.1, -0.05) is 81.4 Å². The zero-order valence-electron chi connectivity index (χ0n) is 28.9. The molecule has 47 heavy (non-hydrogen) atoms. The molecular formula is C34H52N4O8Si. The SMILES string of the molecule is CC(C)(C)OC(=O)N[C@@H](C[C@H](CNC(=O)OCc1ccccc1)O[Si](C)(C)C(C)(C)C)C(=O)NCCN(Cc1ccccc1)C(=O)O. The van der Waals surface area contributed by atoms with Gasteiger partial charge in [0.2, 0.25) is 5.91 Å². The summed E-state index contributed by atoms with van der Waals surface area (Å²) in [5.74, 6) is -0.545. The monoisotopic (exact) mass is 672 g/mol. The molecule has 0 bridgehead atoms. The van der Waals surface area contributed by atoms with E-state index in [4.69, 9.17) is 13.9 Å². The van der Waals surface area contributed by atoms with Crippen LogP contribution in [-0.2, 0) is 31.8 Å². The van der Waals surface area contributed by atoms with Crippen molar-refractivity contribution < 1.29 is 38.2 Å². The Morgan fingerprint density at radius 3 is 1.96 bits per heavy atom. The van der Waals surface area contributed by atoms with Gasteiger partial charge < -0.3 is 39.9 Å². The van der Waals surface area contributed by atoms with Crippen molar-refractivity contribution in [2.45, 2.75) is 97.0 Å². The highest BCUT2D eigenvalue weighted by Gasteiger charge is 2.40. The van der Waals surface area contributed by atoms with Gasteiger partial charge in [-0.05, 0) is 50.0 Å². The second kappa shape index (κ2) is 17.7. The molecule has 2 rings (SSSR count). The number of rotatable bonds is 15. The fraction of sp³-hybridized carbons (Fsp3) is 0.529. The molecule has 2 aromatic carbocycles. The van der Waals surface area contributed by atoms with Gasteiger partial charge in [-0.15, -0.1) is 0 Å². The second-order valence-electron chi connectivity index (χ2n) is 13.9. The van der Waals surface area contributed by atoms with E-state index < -0.39 is 50.3 Å². The smallest absolute Gasteiger partial charge is 0.408 e. The minimum absolute atomic E-state index is 0.00227. The van der Waals surface area contributed by atoms with E-state index >= 15 is 0 Å². The number of nitrogens with zero attached hydrogens (tertiary/aromatic N) is 1. The van der Waals surface area contributed by atoms with E-state index in [-0.39, 0.29) is 44.2 Å². The minimum atomic E-state index is -2.42. The quantitative estimate of drug-likeness (QED) is 0.171. The van der Waals surface area contributed by atoms with Gasteiger partial charge in [0.1, 0.15) is 18.2 Å². The summed E-state index contributed by atoms with van der Waals surface area (Å²) in [4.78, 5) is 52.1. The van der Waals surface area contributed by atoms with Gasteiger partial charge in [0.05, 0.1) is 6.10 Å². The standard InChI is InChI=1S/C34H52N4O8Si/c1-33(2,3)45-31(41)37-28(29(39)35-19-20-38(32(42)43)23-25-15-11-9-12-16-25)21-27(46-47(7,8)34(4,5)6)22-36-30(40)44-24-26-17-13-10-14-18-26/h9-18,27-28H,19-24H2,1-8H3,(H,35,39)(H,36,40)(H,37,41)(H,42,43)/t27-,28+/m1/s1. The molecule has 0 spiro atoms. The Morgan fingerprint density at radius 2 is 1.43 bits per heavy atom. The van der Waals surface area contributed by atoms with E-state index in [9.17, 15) is 24.3 Å². The molecule has 2 atom stereocenters. The topological polar surface area (TPSA) is 156 Å². The van der Waals surface area contributed by atoms with Crippen molar-refractivity contribution in [2.75, 3.05) is 19.6 Å². The lowest BCUT2D eigenvalue weighted by atomic mass is 10.1. The van der Waals surface area contributed by atoms with Crippen LogP contribution in [0.1, 0.15) is 59.1 Å². The van der Waals surface area contributed by atoms with Crippen molar-refractivity contribution in [1.82, 2.24) is 20.9 Å². The lowest BCUT2D eigenvalue weighted by molar-refractivity contribution is -0.124. The average molecular weight is 673 g/mol. The number of benzene rings is 2. The second-order valence-corrected chi connectivity index (χ2v) is 18.6. The first-order valence-electron chi connectivity index (χ1n) is 15.8. The van der Waals surface area contributed by atoms with E-state index in [1.165, 1.54) is 4.90 Å². The first kappa shape index (κ1) is 39.1. The van der Waals surface area contributed by atoms with Gasteiger partial charge in [-0.2, -0.15) is 0 Å². The van der Waals surface area contributed by atoms with Crippen LogP contribution in [0.2, 0.25) is 18.1 Å². The van der Waals surface area contributed by atoms with E-state index in [0.29, 0.717) is 0 Å². The number of alkyl carbamates (subject to hydrolysis) is 2. The minimum Gasteiger partial charge on any atom is -0.465 e. The van der Waals surface area contributed by atoms with Crippen LogP contribution < -0.4 is 16.0 Å². The molecular weight excluding hydrogens is 620 g/mol. The molecule has 4 N–H and O–H groups in total. The third-order valence-electron chi connectivity index (χ3n) is 7.63. The Morgan fingerprint density at radius 1 is 0.851 bits per heavy atom. The maximum Gasteiger partial charge on any atom is 0.408 e. The fourth-order valence-electron chi connectivity index (χ4n) is 4.17. The molecule has 0 unspecified atom stereocenters. The average Bonchev–Trinajstić information content (AvgIpc) is 2.97. The molecule has 0 heterocycles. The maximum atomic E-state index is 13.5. The first-order chi connectivity index (χ1) is 21.9. The normalized spacial score (nSPS) is 13.1. The molecule has 0 aliphatic rings. The highest BCUT2D eigenvalue weighted by molar-refractivity contribution is 6.74.